The Hall–Kier alpha value is -1.33. The highest BCUT2D eigenvalue weighted by atomic mass is 35.5. The maximum atomic E-state index is 11.1. The zero-order valence-electron chi connectivity index (χ0n) is 10.4. The van der Waals surface area contributed by atoms with Crippen molar-refractivity contribution in [3.8, 4) is 0 Å². The van der Waals surface area contributed by atoms with Gasteiger partial charge in [0, 0.05) is 36.3 Å². The van der Waals surface area contributed by atoms with E-state index in [1.54, 1.807) is 12.1 Å². The van der Waals surface area contributed by atoms with Gasteiger partial charge < -0.3 is 10.2 Å². The average Bonchev–Trinajstić information content (AvgIpc) is 2.27. The first-order valence-corrected chi connectivity index (χ1v) is 6.30. The molecule has 5 nitrogen and oxygen atoms in total. The van der Waals surface area contributed by atoms with Gasteiger partial charge in [-0.3, -0.25) is 10.1 Å². The predicted octanol–water partition coefficient (Wildman–Crippen LogP) is 2.43. The van der Waals surface area contributed by atoms with Crippen LogP contribution in [0.1, 0.15) is 13.8 Å². The highest BCUT2D eigenvalue weighted by Gasteiger charge is 2.26. The van der Waals surface area contributed by atoms with Crippen molar-refractivity contribution in [2.75, 3.05) is 18.0 Å². The summed E-state index contributed by atoms with van der Waals surface area (Å²) >= 11 is 5.82. The number of halogens is 1. The number of benzene rings is 1. The summed E-state index contributed by atoms with van der Waals surface area (Å²) in [6, 6.07) is 5.45. The van der Waals surface area contributed by atoms with E-state index < -0.39 is 0 Å². The fraction of sp³-hybridized carbons (Fsp3) is 0.500. The van der Waals surface area contributed by atoms with E-state index >= 15 is 0 Å². The molecular formula is C12H16ClN3O2. The van der Waals surface area contributed by atoms with E-state index in [4.69, 9.17) is 11.6 Å². The average molecular weight is 270 g/mol. The first-order valence-electron chi connectivity index (χ1n) is 5.92. The third kappa shape index (κ3) is 2.73. The largest absolute Gasteiger partial charge is 0.363 e. The summed E-state index contributed by atoms with van der Waals surface area (Å²) in [5, 5.41) is 14.9. The monoisotopic (exact) mass is 269 g/mol. The van der Waals surface area contributed by atoms with E-state index in [2.05, 4.69) is 19.2 Å². The van der Waals surface area contributed by atoms with Gasteiger partial charge >= 0.3 is 0 Å². The zero-order chi connectivity index (χ0) is 13.3. The lowest BCUT2D eigenvalue weighted by Crippen LogP contribution is -2.54. The summed E-state index contributed by atoms with van der Waals surface area (Å²) in [7, 11) is 0. The summed E-state index contributed by atoms with van der Waals surface area (Å²) < 4.78 is 0. The number of nitrogens with zero attached hydrogens (tertiary/aromatic N) is 2. The van der Waals surface area contributed by atoms with Crippen molar-refractivity contribution in [1.82, 2.24) is 5.32 Å². The van der Waals surface area contributed by atoms with Crippen LogP contribution in [0.2, 0.25) is 5.02 Å². The molecule has 1 aromatic rings. The smallest absolute Gasteiger partial charge is 0.294 e. The molecule has 2 atom stereocenters. The summed E-state index contributed by atoms with van der Waals surface area (Å²) in [6.07, 6.45) is 0. The molecule has 0 aromatic heterocycles. The van der Waals surface area contributed by atoms with Crippen LogP contribution in [0, 0.1) is 10.1 Å². The van der Waals surface area contributed by atoms with Crippen molar-refractivity contribution in [3.05, 3.63) is 33.3 Å². The Morgan fingerprint density at radius 2 is 2.00 bits per heavy atom. The Labute approximate surface area is 111 Å². The Morgan fingerprint density at radius 3 is 2.56 bits per heavy atom. The lowest BCUT2D eigenvalue weighted by molar-refractivity contribution is -0.384. The summed E-state index contributed by atoms with van der Waals surface area (Å²) in [6.45, 7) is 5.66. The molecule has 0 aliphatic carbocycles. The maximum absolute atomic E-state index is 11.1. The Morgan fingerprint density at radius 1 is 1.39 bits per heavy atom. The standard InChI is InChI=1S/C12H16ClN3O2/c1-8-6-15(7-9(2)14-8)11-4-3-10(13)5-12(11)16(17)18/h3-5,8-9,14H,6-7H2,1-2H3. The summed E-state index contributed by atoms with van der Waals surface area (Å²) in [5.41, 5.74) is 0.716. The van der Waals surface area contributed by atoms with Crippen LogP contribution in [0.15, 0.2) is 18.2 Å². The van der Waals surface area contributed by atoms with E-state index in [0.29, 0.717) is 22.8 Å². The molecule has 2 rings (SSSR count). The van der Waals surface area contributed by atoms with Crippen LogP contribution in [0.5, 0.6) is 0 Å². The van der Waals surface area contributed by atoms with Gasteiger partial charge in [0.25, 0.3) is 5.69 Å². The molecule has 1 fully saturated rings. The van der Waals surface area contributed by atoms with Crippen LogP contribution in [-0.2, 0) is 0 Å². The highest BCUT2D eigenvalue weighted by molar-refractivity contribution is 6.30. The third-order valence-corrected chi connectivity index (χ3v) is 3.27. The molecule has 18 heavy (non-hydrogen) atoms. The van der Waals surface area contributed by atoms with Crippen LogP contribution < -0.4 is 10.2 Å². The molecule has 98 valence electrons. The highest BCUT2D eigenvalue weighted by Crippen LogP contribution is 2.31. The second-order valence-electron chi connectivity index (χ2n) is 4.76. The molecular weight excluding hydrogens is 254 g/mol. The van der Waals surface area contributed by atoms with E-state index in [-0.39, 0.29) is 10.6 Å². The van der Waals surface area contributed by atoms with Crippen LogP contribution in [0.25, 0.3) is 0 Å². The minimum Gasteiger partial charge on any atom is -0.363 e. The van der Waals surface area contributed by atoms with Crippen LogP contribution in [0.3, 0.4) is 0 Å². The second kappa shape index (κ2) is 5.12. The number of nitro benzene ring substituents is 1. The topological polar surface area (TPSA) is 58.4 Å². The van der Waals surface area contributed by atoms with Gasteiger partial charge in [0.1, 0.15) is 5.69 Å². The molecule has 1 saturated heterocycles. The van der Waals surface area contributed by atoms with E-state index in [9.17, 15) is 10.1 Å². The molecule has 1 N–H and O–H groups in total. The lowest BCUT2D eigenvalue weighted by Gasteiger charge is -2.37. The maximum Gasteiger partial charge on any atom is 0.294 e. The van der Waals surface area contributed by atoms with Crippen molar-refractivity contribution in [1.29, 1.82) is 0 Å². The van der Waals surface area contributed by atoms with Gasteiger partial charge in [0.2, 0.25) is 0 Å². The molecule has 2 unspecified atom stereocenters. The Bertz CT molecular complexity index is 457. The number of hydrogen-bond acceptors (Lipinski definition) is 4. The van der Waals surface area contributed by atoms with E-state index in [0.717, 1.165) is 13.1 Å². The van der Waals surface area contributed by atoms with E-state index in [1.807, 2.05) is 4.90 Å². The van der Waals surface area contributed by atoms with Gasteiger partial charge in [0.15, 0.2) is 0 Å². The predicted molar refractivity (Wildman–Crippen MR) is 72.4 cm³/mol. The number of piperazine rings is 1. The van der Waals surface area contributed by atoms with Gasteiger partial charge in [-0.15, -0.1) is 0 Å². The normalized spacial score (nSPS) is 24.1. The lowest BCUT2D eigenvalue weighted by atomic mass is 10.1. The van der Waals surface area contributed by atoms with Crippen molar-refractivity contribution < 1.29 is 4.92 Å². The fourth-order valence-corrected chi connectivity index (χ4v) is 2.60. The van der Waals surface area contributed by atoms with Crippen molar-refractivity contribution in [2.24, 2.45) is 0 Å². The van der Waals surface area contributed by atoms with Crippen LogP contribution in [0.4, 0.5) is 11.4 Å². The molecule has 0 saturated carbocycles. The van der Waals surface area contributed by atoms with Crippen LogP contribution in [-0.4, -0.2) is 30.1 Å². The van der Waals surface area contributed by atoms with Crippen molar-refractivity contribution in [3.63, 3.8) is 0 Å². The van der Waals surface area contributed by atoms with Gasteiger partial charge in [-0.05, 0) is 26.0 Å². The van der Waals surface area contributed by atoms with E-state index in [1.165, 1.54) is 6.07 Å². The minimum atomic E-state index is -0.376. The van der Waals surface area contributed by atoms with Gasteiger partial charge in [-0.25, -0.2) is 0 Å². The van der Waals surface area contributed by atoms with Crippen molar-refractivity contribution in [2.45, 2.75) is 25.9 Å². The molecule has 1 heterocycles. The molecule has 0 spiro atoms. The van der Waals surface area contributed by atoms with Crippen LogP contribution >= 0.6 is 11.6 Å². The number of rotatable bonds is 2. The SMILES string of the molecule is CC1CN(c2ccc(Cl)cc2[N+](=O)[O-])CC(C)N1. The summed E-state index contributed by atoms with van der Waals surface area (Å²) in [5.74, 6) is 0. The Balaban J connectivity index is 2.35. The minimum absolute atomic E-state index is 0.0730. The molecule has 1 aliphatic rings. The third-order valence-electron chi connectivity index (χ3n) is 3.03. The molecule has 0 radical (unpaired) electrons. The van der Waals surface area contributed by atoms with Gasteiger partial charge in [0.05, 0.1) is 4.92 Å². The Kier molecular flexibility index (Phi) is 3.73. The fourth-order valence-electron chi connectivity index (χ4n) is 2.43. The van der Waals surface area contributed by atoms with Gasteiger partial charge in [-0.1, -0.05) is 11.6 Å². The first-order chi connectivity index (χ1) is 8.47. The second-order valence-corrected chi connectivity index (χ2v) is 5.20. The number of hydrogen-bond donors (Lipinski definition) is 1. The molecule has 1 aliphatic heterocycles. The molecule has 0 amide bonds. The van der Waals surface area contributed by atoms with Gasteiger partial charge in [-0.2, -0.15) is 0 Å². The summed E-state index contributed by atoms with van der Waals surface area (Å²) in [4.78, 5) is 12.7. The number of anilines is 1. The van der Waals surface area contributed by atoms with Crippen molar-refractivity contribution >= 4 is 23.0 Å². The number of nitro groups is 1. The molecule has 0 bridgehead atoms. The molecule has 6 heteroatoms. The number of nitrogens with one attached hydrogen (secondary N) is 1. The molecule has 1 aromatic carbocycles. The quantitative estimate of drug-likeness (QED) is 0.662. The first kappa shape index (κ1) is 13.1. The zero-order valence-corrected chi connectivity index (χ0v) is 11.1.